The van der Waals surface area contributed by atoms with Gasteiger partial charge in [-0.2, -0.15) is 0 Å². The van der Waals surface area contributed by atoms with Crippen LogP contribution in [0.2, 0.25) is 0 Å². The van der Waals surface area contributed by atoms with Crippen molar-refractivity contribution in [2.45, 2.75) is 32.6 Å². The summed E-state index contributed by atoms with van der Waals surface area (Å²) in [5.74, 6) is 0.183. The fourth-order valence-corrected chi connectivity index (χ4v) is 3.17. The first-order valence-corrected chi connectivity index (χ1v) is 8.30. The number of rotatable bonds is 4. The number of fused-ring (bicyclic) bond motifs is 1. The van der Waals surface area contributed by atoms with Crippen molar-refractivity contribution in [2.24, 2.45) is 0 Å². The van der Waals surface area contributed by atoms with Crippen LogP contribution in [0.4, 0.5) is 11.4 Å². The Morgan fingerprint density at radius 3 is 2.62 bits per heavy atom. The highest BCUT2D eigenvalue weighted by Gasteiger charge is 2.22. The maximum atomic E-state index is 12.3. The van der Waals surface area contributed by atoms with Crippen molar-refractivity contribution in [3.05, 3.63) is 59.7 Å². The number of nitrogens with zero attached hydrogens (tertiary/aromatic N) is 1. The second-order valence-electron chi connectivity index (χ2n) is 6.33. The first-order valence-electron chi connectivity index (χ1n) is 8.30. The largest absolute Gasteiger partial charge is 0.326 e. The lowest BCUT2D eigenvalue weighted by atomic mass is 9.97. The molecule has 1 aliphatic heterocycles. The predicted octanol–water partition coefficient (Wildman–Crippen LogP) is 3.73. The van der Waals surface area contributed by atoms with Gasteiger partial charge in [0.05, 0.1) is 0 Å². The summed E-state index contributed by atoms with van der Waals surface area (Å²) in [6, 6.07) is 15.8. The number of carbonyl (C=O) groups is 2. The molecule has 0 bridgehead atoms. The minimum absolute atomic E-state index is 0.0151. The SMILES string of the molecule is CC(=O)N1CCc2ccc(NC(=O)CC(C)c3ccccc3)cc21. The molecule has 0 saturated heterocycles. The van der Waals surface area contributed by atoms with Crippen LogP contribution >= 0.6 is 0 Å². The Balaban J connectivity index is 1.67. The third kappa shape index (κ3) is 3.48. The average Bonchev–Trinajstić information content (AvgIpc) is 2.99. The van der Waals surface area contributed by atoms with E-state index in [0.717, 1.165) is 28.9 Å². The number of hydrogen-bond acceptors (Lipinski definition) is 2. The van der Waals surface area contributed by atoms with Crippen molar-refractivity contribution in [3.63, 3.8) is 0 Å². The first kappa shape index (κ1) is 16.2. The Bertz CT molecular complexity index is 755. The molecule has 4 nitrogen and oxygen atoms in total. The minimum Gasteiger partial charge on any atom is -0.326 e. The lowest BCUT2D eigenvalue weighted by Gasteiger charge is -2.16. The van der Waals surface area contributed by atoms with Crippen molar-refractivity contribution in [1.82, 2.24) is 0 Å². The molecule has 3 rings (SSSR count). The van der Waals surface area contributed by atoms with Crippen molar-refractivity contribution >= 4 is 23.2 Å². The van der Waals surface area contributed by atoms with Gasteiger partial charge in [-0.1, -0.05) is 43.3 Å². The van der Waals surface area contributed by atoms with Crippen LogP contribution in [0.15, 0.2) is 48.5 Å². The molecule has 1 N–H and O–H groups in total. The molecule has 4 heteroatoms. The smallest absolute Gasteiger partial charge is 0.224 e. The molecule has 0 saturated carbocycles. The zero-order valence-corrected chi connectivity index (χ0v) is 14.1. The van der Waals surface area contributed by atoms with Crippen molar-refractivity contribution in [1.29, 1.82) is 0 Å². The van der Waals surface area contributed by atoms with Gasteiger partial charge in [-0.15, -0.1) is 0 Å². The van der Waals surface area contributed by atoms with E-state index in [-0.39, 0.29) is 17.7 Å². The summed E-state index contributed by atoms with van der Waals surface area (Å²) in [6.07, 6.45) is 1.30. The third-order valence-corrected chi connectivity index (χ3v) is 4.50. The maximum Gasteiger partial charge on any atom is 0.224 e. The second-order valence-corrected chi connectivity index (χ2v) is 6.33. The van der Waals surface area contributed by atoms with Gasteiger partial charge in [0.25, 0.3) is 0 Å². The second kappa shape index (κ2) is 6.87. The van der Waals surface area contributed by atoms with E-state index in [2.05, 4.69) is 12.2 Å². The Labute approximate surface area is 142 Å². The van der Waals surface area contributed by atoms with Crippen molar-refractivity contribution < 1.29 is 9.59 Å². The molecular weight excluding hydrogens is 300 g/mol. The molecule has 2 aromatic carbocycles. The van der Waals surface area contributed by atoms with Gasteiger partial charge in [-0.05, 0) is 35.6 Å². The highest BCUT2D eigenvalue weighted by atomic mass is 16.2. The van der Waals surface area contributed by atoms with E-state index in [4.69, 9.17) is 0 Å². The van der Waals surface area contributed by atoms with Gasteiger partial charge < -0.3 is 10.2 Å². The lowest BCUT2D eigenvalue weighted by Crippen LogP contribution is -2.25. The molecule has 2 amide bonds. The molecule has 124 valence electrons. The van der Waals surface area contributed by atoms with Gasteiger partial charge in [-0.3, -0.25) is 9.59 Å². The molecule has 0 aliphatic carbocycles. The standard InChI is InChI=1S/C20H22N2O2/c1-14(16-6-4-3-5-7-16)12-20(24)21-18-9-8-17-10-11-22(15(2)23)19(17)13-18/h3-9,13-14H,10-12H2,1-2H3,(H,21,24). The number of carbonyl (C=O) groups excluding carboxylic acids is 2. The summed E-state index contributed by atoms with van der Waals surface area (Å²) >= 11 is 0. The van der Waals surface area contributed by atoms with Crippen LogP contribution in [0.3, 0.4) is 0 Å². The summed E-state index contributed by atoms with van der Waals surface area (Å²) in [6.45, 7) is 4.34. The fraction of sp³-hybridized carbons (Fsp3) is 0.300. The van der Waals surface area contributed by atoms with Crippen LogP contribution in [0.1, 0.15) is 37.3 Å². The average molecular weight is 322 g/mol. The van der Waals surface area contributed by atoms with Crippen LogP contribution in [0.5, 0.6) is 0 Å². The van der Waals surface area contributed by atoms with Gasteiger partial charge in [0.1, 0.15) is 0 Å². The first-order chi connectivity index (χ1) is 11.5. The van der Waals surface area contributed by atoms with Crippen LogP contribution in [0, 0.1) is 0 Å². The van der Waals surface area contributed by atoms with Gasteiger partial charge in [-0.25, -0.2) is 0 Å². The van der Waals surface area contributed by atoms with Crippen LogP contribution < -0.4 is 10.2 Å². The quantitative estimate of drug-likeness (QED) is 0.932. The summed E-state index contributed by atoms with van der Waals surface area (Å²) in [7, 11) is 0. The maximum absolute atomic E-state index is 12.3. The molecule has 1 atom stereocenters. The molecule has 0 spiro atoms. The van der Waals surface area contributed by atoms with E-state index in [9.17, 15) is 9.59 Å². The molecule has 1 unspecified atom stereocenters. The summed E-state index contributed by atoms with van der Waals surface area (Å²) in [4.78, 5) is 25.8. The predicted molar refractivity (Wildman–Crippen MR) is 96.3 cm³/mol. The van der Waals surface area contributed by atoms with Crippen LogP contribution in [-0.2, 0) is 16.0 Å². The minimum atomic E-state index is -0.0151. The molecule has 0 fully saturated rings. The molecule has 24 heavy (non-hydrogen) atoms. The zero-order valence-electron chi connectivity index (χ0n) is 14.1. The number of anilines is 2. The van der Waals surface area contributed by atoms with Crippen molar-refractivity contribution in [3.8, 4) is 0 Å². The van der Waals surface area contributed by atoms with E-state index < -0.39 is 0 Å². The highest BCUT2D eigenvalue weighted by Crippen LogP contribution is 2.31. The van der Waals surface area contributed by atoms with E-state index in [1.807, 2.05) is 48.5 Å². The van der Waals surface area contributed by atoms with Gasteiger partial charge >= 0.3 is 0 Å². The number of amides is 2. The Morgan fingerprint density at radius 1 is 1.17 bits per heavy atom. The monoisotopic (exact) mass is 322 g/mol. The molecule has 0 radical (unpaired) electrons. The van der Waals surface area contributed by atoms with Crippen molar-refractivity contribution in [2.75, 3.05) is 16.8 Å². The number of hydrogen-bond donors (Lipinski definition) is 1. The van der Waals surface area contributed by atoms with Gasteiger partial charge in [0.2, 0.25) is 11.8 Å². The van der Waals surface area contributed by atoms with E-state index in [0.29, 0.717) is 13.0 Å². The Kier molecular flexibility index (Phi) is 4.65. The summed E-state index contributed by atoms with van der Waals surface area (Å²) < 4.78 is 0. The highest BCUT2D eigenvalue weighted by molar-refractivity contribution is 5.96. The Morgan fingerprint density at radius 2 is 1.92 bits per heavy atom. The van der Waals surface area contributed by atoms with E-state index >= 15 is 0 Å². The zero-order chi connectivity index (χ0) is 17.1. The molecular formula is C20H22N2O2. The molecule has 1 heterocycles. The lowest BCUT2D eigenvalue weighted by molar-refractivity contribution is -0.117. The topological polar surface area (TPSA) is 49.4 Å². The number of benzene rings is 2. The van der Waals surface area contributed by atoms with Gasteiger partial charge in [0, 0.05) is 31.3 Å². The normalized spacial score (nSPS) is 14.2. The van der Waals surface area contributed by atoms with E-state index in [1.165, 1.54) is 0 Å². The van der Waals surface area contributed by atoms with Crippen LogP contribution in [-0.4, -0.2) is 18.4 Å². The molecule has 0 aromatic heterocycles. The number of nitrogens with one attached hydrogen (secondary N) is 1. The molecule has 1 aliphatic rings. The summed E-state index contributed by atoms with van der Waals surface area (Å²) in [5, 5.41) is 2.95. The fourth-order valence-electron chi connectivity index (χ4n) is 3.17. The van der Waals surface area contributed by atoms with E-state index in [1.54, 1.807) is 11.8 Å². The summed E-state index contributed by atoms with van der Waals surface area (Å²) in [5.41, 5.74) is 3.97. The molecule has 2 aromatic rings. The Hall–Kier alpha value is -2.62. The third-order valence-electron chi connectivity index (χ3n) is 4.50. The van der Waals surface area contributed by atoms with Crippen LogP contribution in [0.25, 0.3) is 0 Å². The van der Waals surface area contributed by atoms with Gasteiger partial charge in [0.15, 0.2) is 0 Å².